The molecule has 1 aromatic heterocycles. The van der Waals surface area contributed by atoms with E-state index >= 15 is 0 Å². The number of ether oxygens (including phenoxy) is 1. The predicted octanol–water partition coefficient (Wildman–Crippen LogP) is 1.59. The summed E-state index contributed by atoms with van der Waals surface area (Å²) in [4.78, 5) is 12.1. The van der Waals surface area contributed by atoms with Crippen molar-refractivity contribution >= 4 is 17.4 Å². The zero-order valence-electron chi connectivity index (χ0n) is 11.8. The van der Waals surface area contributed by atoms with Gasteiger partial charge in [0.25, 0.3) is 0 Å². The topological polar surface area (TPSA) is 70.1 Å². The molecule has 0 bridgehead atoms. The second-order valence-electron chi connectivity index (χ2n) is 4.41. The van der Waals surface area contributed by atoms with Crippen LogP contribution in [-0.2, 0) is 28.9 Å². The van der Waals surface area contributed by atoms with Crippen LogP contribution >= 0.6 is 11.6 Å². The van der Waals surface area contributed by atoms with Crippen molar-refractivity contribution in [1.82, 2.24) is 9.78 Å². The molecule has 1 atom stereocenters. The first-order chi connectivity index (χ1) is 9.04. The van der Waals surface area contributed by atoms with E-state index in [4.69, 9.17) is 22.1 Å². The van der Waals surface area contributed by atoms with Gasteiger partial charge in [0.2, 0.25) is 0 Å². The van der Waals surface area contributed by atoms with Crippen LogP contribution in [-0.4, -0.2) is 35.3 Å². The van der Waals surface area contributed by atoms with Crippen LogP contribution in [0.1, 0.15) is 31.7 Å². The summed E-state index contributed by atoms with van der Waals surface area (Å²) in [5.74, 6) is -0.0313. The minimum Gasteiger partial charge on any atom is -0.385 e. The van der Waals surface area contributed by atoms with Gasteiger partial charge in [0.05, 0.1) is 28.9 Å². The van der Waals surface area contributed by atoms with E-state index in [0.29, 0.717) is 24.6 Å². The van der Waals surface area contributed by atoms with Crippen molar-refractivity contribution < 1.29 is 9.53 Å². The van der Waals surface area contributed by atoms with Crippen molar-refractivity contribution in [3.63, 3.8) is 0 Å². The van der Waals surface area contributed by atoms with E-state index in [2.05, 4.69) is 5.10 Å². The molecule has 0 aliphatic heterocycles. The van der Waals surface area contributed by atoms with E-state index < -0.39 is 6.04 Å². The van der Waals surface area contributed by atoms with Gasteiger partial charge in [-0.3, -0.25) is 9.48 Å². The summed E-state index contributed by atoms with van der Waals surface area (Å²) in [6, 6.07) is -0.513. The van der Waals surface area contributed by atoms with Gasteiger partial charge in [-0.2, -0.15) is 5.10 Å². The number of hydrogen-bond donors (Lipinski definition) is 1. The number of hydrogen-bond acceptors (Lipinski definition) is 4. The lowest BCUT2D eigenvalue weighted by molar-refractivity contribution is -0.120. The molecule has 0 radical (unpaired) electrons. The molecule has 0 aromatic carbocycles. The Morgan fingerprint density at radius 2 is 2.21 bits per heavy atom. The van der Waals surface area contributed by atoms with E-state index in [1.54, 1.807) is 11.8 Å². The molecule has 6 heteroatoms. The lowest BCUT2D eigenvalue weighted by atomic mass is 10.1. The number of rotatable bonds is 8. The summed E-state index contributed by atoms with van der Waals surface area (Å²) in [6.07, 6.45) is 1.50. The van der Waals surface area contributed by atoms with Crippen LogP contribution in [0.5, 0.6) is 0 Å². The quantitative estimate of drug-likeness (QED) is 0.788. The average molecular weight is 288 g/mol. The van der Waals surface area contributed by atoms with Gasteiger partial charge in [0, 0.05) is 20.3 Å². The Balaban J connectivity index is 2.81. The molecule has 0 spiro atoms. The molecular weight excluding hydrogens is 266 g/mol. The highest BCUT2D eigenvalue weighted by Gasteiger charge is 2.20. The van der Waals surface area contributed by atoms with Gasteiger partial charge in [-0.15, -0.1) is 0 Å². The van der Waals surface area contributed by atoms with Gasteiger partial charge in [-0.25, -0.2) is 0 Å². The fourth-order valence-corrected chi connectivity index (χ4v) is 2.22. The third-order valence-corrected chi connectivity index (χ3v) is 3.52. The second kappa shape index (κ2) is 7.62. The van der Waals surface area contributed by atoms with Gasteiger partial charge < -0.3 is 10.5 Å². The third kappa shape index (κ3) is 4.03. The van der Waals surface area contributed by atoms with Gasteiger partial charge in [0.15, 0.2) is 5.78 Å². The van der Waals surface area contributed by atoms with Crippen LogP contribution in [0.3, 0.4) is 0 Å². The van der Waals surface area contributed by atoms with Gasteiger partial charge >= 0.3 is 0 Å². The highest BCUT2D eigenvalue weighted by molar-refractivity contribution is 6.32. The molecule has 2 N–H and O–H groups in total. The number of Topliss-reactive ketones (excluding diaryl/α,β-unsaturated/α-hetero) is 1. The number of aryl methyl sites for hydroxylation is 2. The maximum absolute atomic E-state index is 12.1. The Labute approximate surface area is 119 Å². The highest BCUT2D eigenvalue weighted by atomic mass is 35.5. The molecule has 0 amide bonds. The lowest BCUT2D eigenvalue weighted by Gasteiger charge is -2.11. The number of nitrogens with two attached hydrogens (primary N) is 1. The molecule has 1 rings (SSSR count). The number of methoxy groups -OCH3 is 1. The van der Waals surface area contributed by atoms with E-state index in [0.717, 1.165) is 17.8 Å². The molecule has 0 aliphatic carbocycles. The first kappa shape index (κ1) is 16.1. The van der Waals surface area contributed by atoms with Crippen LogP contribution in [0.4, 0.5) is 0 Å². The van der Waals surface area contributed by atoms with Gasteiger partial charge in [-0.05, 0) is 19.8 Å². The number of ketones is 1. The van der Waals surface area contributed by atoms with E-state index in [1.165, 1.54) is 0 Å². The van der Waals surface area contributed by atoms with Gasteiger partial charge in [-0.1, -0.05) is 18.5 Å². The van der Waals surface area contributed by atoms with E-state index in [1.807, 2.05) is 13.8 Å². The van der Waals surface area contributed by atoms with Crippen LogP contribution in [0.25, 0.3) is 0 Å². The normalized spacial score (nSPS) is 12.7. The van der Waals surface area contributed by atoms with Crippen molar-refractivity contribution in [2.45, 2.75) is 45.7 Å². The first-order valence-corrected chi connectivity index (χ1v) is 6.94. The van der Waals surface area contributed by atoms with E-state index in [9.17, 15) is 4.79 Å². The SMILES string of the molecule is CCc1nn(CC)c(CC(=O)C(N)CCOC)c1Cl. The molecule has 5 nitrogen and oxygen atoms in total. The number of halogens is 1. The molecule has 19 heavy (non-hydrogen) atoms. The van der Waals surface area contributed by atoms with Crippen LogP contribution in [0, 0.1) is 0 Å². The zero-order chi connectivity index (χ0) is 14.4. The molecule has 1 heterocycles. The number of carbonyl (C=O) groups excluding carboxylic acids is 1. The number of aromatic nitrogens is 2. The Hall–Kier alpha value is -0.910. The van der Waals surface area contributed by atoms with Crippen LogP contribution in [0.15, 0.2) is 0 Å². The summed E-state index contributed by atoms with van der Waals surface area (Å²) in [5.41, 5.74) is 7.42. The maximum Gasteiger partial charge on any atom is 0.155 e. The fourth-order valence-electron chi connectivity index (χ4n) is 1.89. The summed E-state index contributed by atoms with van der Waals surface area (Å²) >= 11 is 6.26. The van der Waals surface area contributed by atoms with Crippen molar-refractivity contribution in [2.75, 3.05) is 13.7 Å². The van der Waals surface area contributed by atoms with Crippen molar-refractivity contribution in [3.8, 4) is 0 Å². The summed E-state index contributed by atoms with van der Waals surface area (Å²) in [5, 5.41) is 4.98. The standard InChI is InChI=1S/C13H22ClN3O2/c1-4-10-13(14)11(17(5-2)16-10)8-12(18)9(15)6-7-19-3/h9H,4-8,15H2,1-3H3. The molecule has 1 aromatic rings. The van der Waals surface area contributed by atoms with Crippen molar-refractivity contribution in [1.29, 1.82) is 0 Å². The Morgan fingerprint density at radius 1 is 1.53 bits per heavy atom. The fraction of sp³-hybridized carbons (Fsp3) is 0.692. The smallest absolute Gasteiger partial charge is 0.155 e. The maximum atomic E-state index is 12.1. The predicted molar refractivity (Wildman–Crippen MR) is 75.5 cm³/mol. The minimum absolute atomic E-state index is 0.0313. The first-order valence-electron chi connectivity index (χ1n) is 6.56. The molecule has 0 aliphatic rings. The largest absolute Gasteiger partial charge is 0.385 e. The zero-order valence-corrected chi connectivity index (χ0v) is 12.5. The van der Waals surface area contributed by atoms with Crippen molar-refractivity contribution in [3.05, 3.63) is 16.4 Å². The summed E-state index contributed by atoms with van der Waals surface area (Å²) in [6.45, 7) is 5.13. The third-order valence-electron chi connectivity index (χ3n) is 3.08. The van der Waals surface area contributed by atoms with Crippen LogP contribution in [0.2, 0.25) is 5.02 Å². The number of nitrogens with zero attached hydrogens (tertiary/aromatic N) is 2. The molecular formula is C13H22ClN3O2. The summed E-state index contributed by atoms with van der Waals surface area (Å²) < 4.78 is 6.71. The molecule has 0 saturated heterocycles. The van der Waals surface area contributed by atoms with Gasteiger partial charge in [0.1, 0.15) is 0 Å². The van der Waals surface area contributed by atoms with E-state index in [-0.39, 0.29) is 12.2 Å². The Bertz CT molecular complexity index is 432. The highest BCUT2D eigenvalue weighted by Crippen LogP contribution is 2.22. The Morgan fingerprint density at radius 3 is 2.74 bits per heavy atom. The van der Waals surface area contributed by atoms with Crippen LogP contribution < -0.4 is 5.73 Å². The Kier molecular flexibility index (Phi) is 6.48. The lowest BCUT2D eigenvalue weighted by Crippen LogP contribution is -2.33. The van der Waals surface area contributed by atoms with Crippen molar-refractivity contribution in [2.24, 2.45) is 5.73 Å². The average Bonchev–Trinajstić information content (AvgIpc) is 2.72. The minimum atomic E-state index is -0.513. The molecule has 1 unspecified atom stereocenters. The molecule has 0 saturated carbocycles. The monoisotopic (exact) mass is 287 g/mol. The second-order valence-corrected chi connectivity index (χ2v) is 4.79. The molecule has 108 valence electrons. The molecule has 0 fully saturated rings. The summed E-state index contributed by atoms with van der Waals surface area (Å²) in [7, 11) is 1.59. The number of carbonyl (C=O) groups is 1.